The molecule has 2 N–H and O–H groups in total. The molecular formula is C17H25N7O. The van der Waals surface area contributed by atoms with Gasteiger partial charge in [0.2, 0.25) is 0 Å². The van der Waals surface area contributed by atoms with Gasteiger partial charge in [-0.2, -0.15) is 4.68 Å². The van der Waals surface area contributed by atoms with E-state index in [-0.39, 0.29) is 12.1 Å². The number of aromatic nitrogens is 4. The van der Waals surface area contributed by atoms with Crippen molar-refractivity contribution in [3.8, 4) is 5.69 Å². The minimum atomic E-state index is -0.305. The van der Waals surface area contributed by atoms with Gasteiger partial charge in [0.1, 0.15) is 0 Å². The topological polar surface area (TPSA) is 88.0 Å². The highest BCUT2D eigenvalue weighted by Gasteiger charge is 2.24. The molecule has 0 bridgehead atoms. The molecule has 1 aromatic heterocycles. The molecule has 1 fully saturated rings. The third-order valence-electron chi connectivity index (χ3n) is 4.63. The first kappa shape index (κ1) is 17.3. The first-order valence-electron chi connectivity index (χ1n) is 8.81. The highest BCUT2D eigenvalue weighted by atomic mass is 16.2. The lowest BCUT2D eigenvalue weighted by molar-refractivity contribution is 0.226. The van der Waals surface area contributed by atoms with Crippen molar-refractivity contribution < 1.29 is 4.79 Å². The van der Waals surface area contributed by atoms with E-state index in [0.29, 0.717) is 18.4 Å². The van der Waals surface area contributed by atoms with E-state index in [1.54, 1.807) is 4.68 Å². The molecule has 1 aromatic carbocycles. The number of nitrogens with one attached hydrogen (secondary N) is 2. The largest absolute Gasteiger partial charge is 0.337 e. The van der Waals surface area contributed by atoms with Gasteiger partial charge in [0.15, 0.2) is 5.82 Å². The van der Waals surface area contributed by atoms with E-state index < -0.39 is 0 Å². The molecule has 0 aliphatic carbocycles. The normalized spacial score (nSPS) is 18.9. The van der Waals surface area contributed by atoms with Gasteiger partial charge in [0.05, 0.1) is 11.7 Å². The van der Waals surface area contributed by atoms with Crippen LogP contribution in [0.1, 0.15) is 38.6 Å². The maximum atomic E-state index is 12.2. The van der Waals surface area contributed by atoms with Crippen LogP contribution in [0.15, 0.2) is 30.3 Å². The summed E-state index contributed by atoms with van der Waals surface area (Å²) in [4.78, 5) is 14.6. The monoisotopic (exact) mass is 343 g/mol. The summed E-state index contributed by atoms with van der Waals surface area (Å²) >= 11 is 0. The molecule has 1 saturated heterocycles. The summed E-state index contributed by atoms with van der Waals surface area (Å²) in [7, 11) is 0. The van der Waals surface area contributed by atoms with Crippen molar-refractivity contribution >= 4 is 6.03 Å². The SMILES string of the molecule is CCN1CCC[C@@H]1CNC(=O)N[C@H](C)c1nnnn1-c1ccccc1. The number of amides is 2. The minimum absolute atomic E-state index is 0.196. The maximum absolute atomic E-state index is 12.2. The van der Waals surface area contributed by atoms with Crippen molar-refractivity contribution in [2.45, 2.75) is 38.8 Å². The lowest BCUT2D eigenvalue weighted by Gasteiger charge is -2.23. The van der Waals surface area contributed by atoms with Gasteiger partial charge < -0.3 is 10.6 Å². The number of benzene rings is 1. The van der Waals surface area contributed by atoms with Gasteiger partial charge in [-0.15, -0.1) is 5.10 Å². The summed E-state index contributed by atoms with van der Waals surface area (Å²) in [5.74, 6) is 0.595. The number of likely N-dealkylation sites (N-methyl/N-ethyl adjacent to an activating group) is 1. The predicted molar refractivity (Wildman–Crippen MR) is 94.4 cm³/mol. The van der Waals surface area contributed by atoms with E-state index in [1.807, 2.05) is 37.3 Å². The average molecular weight is 343 g/mol. The van der Waals surface area contributed by atoms with Gasteiger partial charge in [-0.3, -0.25) is 4.90 Å². The molecule has 8 nitrogen and oxygen atoms in total. The van der Waals surface area contributed by atoms with Crippen LogP contribution in [0.4, 0.5) is 4.79 Å². The van der Waals surface area contributed by atoms with Gasteiger partial charge in [0, 0.05) is 12.6 Å². The predicted octanol–water partition coefficient (Wildman–Crippen LogP) is 1.51. The van der Waals surface area contributed by atoms with E-state index in [0.717, 1.165) is 25.2 Å². The molecule has 0 unspecified atom stereocenters. The zero-order chi connectivity index (χ0) is 17.6. The lowest BCUT2D eigenvalue weighted by atomic mass is 10.2. The summed E-state index contributed by atoms with van der Waals surface area (Å²) in [5, 5.41) is 17.7. The fourth-order valence-electron chi connectivity index (χ4n) is 3.28. The molecule has 8 heteroatoms. The van der Waals surface area contributed by atoms with Crippen molar-refractivity contribution in [3.63, 3.8) is 0 Å². The van der Waals surface area contributed by atoms with E-state index in [9.17, 15) is 4.79 Å². The number of para-hydroxylation sites is 1. The van der Waals surface area contributed by atoms with Crippen molar-refractivity contribution in [3.05, 3.63) is 36.2 Å². The smallest absolute Gasteiger partial charge is 0.315 e. The summed E-state index contributed by atoms with van der Waals surface area (Å²) < 4.78 is 1.64. The number of carbonyl (C=O) groups excluding carboxylic acids is 1. The number of tetrazole rings is 1. The van der Waals surface area contributed by atoms with E-state index in [4.69, 9.17) is 0 Å². The van der Waals surface area contributed by atoms with Crippen molar-refractivity contribution in [2.24, 2.45) is 0 Å². The molecule has 2 aromatic rings. The number of rotatable bonds is 6. The summed E-state index contributed by atoms with van der Waals surface area (Å²) in [6.07, 6.45) is 2.33. The van der Waals surface area contributed by atoms with Crippen LogP contribution in [0.3, 0.4) is 0 Å². The fourth-order valence-corrected chi connectivity index (χ4v) is 3.28. The first-order valence-corrected chi connectivity index (χ1v) is 8.81. The van der Waals surface area contributed by atoms with Gasteiger partial charge in [-0.1, -0.05) is 25.1 Å². The third-order valence-corrected chi connectivity index (χ3v) is 4.63. The Labute approximate surface area is 147 Å². The van der Waals surface area contributed by atoms with Crippen LogP contribution >= 0.6 is 0 Å². The summed E-state index contributed by atoms with van der Waals surface area (Å²) in [5.41, 5.74) is 0.862. The van der Waals surface area contributed by atoms with E-state index in [1.165, 1.54) is 6.42 Å². The van der Waals surface area contributed by atoms with Gasteiger partial charge in [-0.05, 0) is 55.4 Å². The van der Waals surface area contributed by atoms with Crippen LogP contribution in [0.25, 0.3) is 5.69 Å². The summed E-state index contributed by atoms with van der Waals surface area (Å²) in [6.45, 7) is 6.83. The third kappa shape index (κ3) is 4.14. The second-order valence-corrected chi connectivity index (χ2v) is 6.29. The van der Waals surface area contributed by atoms with Gasteiger partial charge in [0.25, 0.3) is 0 Å². The Bertz CT molecular complexity index is 687. The quantitative estimate of drug-likeness (QED) is 0.830. The number of nitrogens with zero attached hydrogens (tertiary/aromatic N) is 5. The molecule has 0 saturated carbocycles. The second-order valence-electron chi connectivity index (χ2n) is 6.29. The average Bonchev–Trinajstić information content (AvgIpc) is 3.29. The molecule has 25 heavy (non-hydrogen) atoms. The standard InChI is InChI=1S/C17H25N7O/c1-3-23-11-7-10-15(23)12-18-17(25)19-13(2)16-20-21-22-24(16)14-8-5-4-6-9-14/h4-6,8-9,13,15H,3,7,10-12H2,1-2H3,(H2,18,19,25)/t13-,15-/m1/s1. The Morgan fingerprint density at radius 2 is 2.16 bits per heavy atom. The van der Waals surface area contributed by atoms with Crippen LogP contribution in [0.2, 0.25) is 0 Å². The van der Waals surface area contributed by atoms with Gasteiger partial charge in [-0.25, -0.2) is 4.79 Å². The zero-order valence-electron chi connectivity index (χ0n) is 14.7. The van der Waals surface area contributed by atoms with Crippen molar-refractivity contribution in [1.82, 2.24) is 35.7 Å². The molecule has 134 valence electrons. The molecule has 0 spiro atoms. The van der Waals surface area contributed by atoms with Crippen LogP contribution in [0, 0.1) is 0 Å². The Kier molecular flexibility index (Phi) is 5.60. The Morgan fingerprint density at radius 3 is 2.92 bits per heavy atom. The molecule has 0 radical (unpaired) electrons. The zero-order valence-corrected chi connectivity index (χ0v) is 14.7. The molecule has 2 atom stereocenters. The Hall–Kier alpha value is -2.48. The molecule has 1 aliphatic heterocycles. The highest BCUT2D eigenvalue weighted by Crippen LogP contribution is 2.16. The number of hydrogen-bond donors (Lipinski definition) is 2. The maximum Gasteiger partial charge on any atom is 0.315 e. The van der Waals surface area contributed by atoms with Crippen LogP contribution in [-0.2, 0) is 0 Å². The molecule has 1 aliphatic rings. The minimum Gasteiger partial charge on any atom is -0.337 e. The Balaban J connectivity index is 1.57. The number of hydrogen-bond acceptors (Lipinski definition) is 5. The molecule has 3 rings (SSSR count). The van der Waals surface area contributed by atoms with E-state index in [2.05, 4.69) is 38.0 Å². The molecule has 2 heterocycles. The highest BCUT2D eigenvalue weighted by molar-refractivity contribution is 5.74. The van der Waals surface area contributed by atoms with Crippen molar-refractivity contribution in [2.75, 3.05) is 19.6 Å². The lowest BCUT2D eigenvalue weighted by Crippen LogP contribution is -2.44. The van der Waals surface area contributed by atoms with Gasteiger partial charge >= 0.3 is 6.03 Å². The Morgan fingerprint density at radius 1 is 1.36 bits per heavy atom. The summed E-state index contributed by atoms with van der Waals surface area (Å²) in [6, 6.07) is 9.56. The number of carbonyl (C=O) groups is 1. The van der Waals surface area contributed by atoms with Crippen molar-refractivity contribution in [1.29, 1.82) is 0 Å². The molecular weight excluding hydrogens is 318 g/mol. The second kappa shape index (κ2) is 8.06. The van der Waals surface area contributed by atoms with Crippen LogP contribution in [0.5, 0.6) is 0 Å². The van der Waals surface area contributed by atoms with Crippen LogP contribution in [-0.4, -0.2) is 56.8 Å². The van der Waals surface area contributed by atoms with Crippen LogP contribution < -0.4 is 10.6 Å². The number of likely N-dealkylation sites (tertiary alicyclic amines) is 1. The first-order chi connectivity index (χ1) is 12.2. The fraction of sp³-hybridized carbons (Fsp3) is 0.529. The van der Waals surface area contributed by atoms with E-state index >= 15 is 0 Å². The molecule has 2 amide bonds. The number of urea groups is 1.